The minimum Gasteiger partial charge on any atom is -0.497 e. The smallest absolute Gasteiger partial charge is 0.225 e. The molecule has 1 heterocycles. The van der Waals surface area contributed by atoms with E-state index in [1.807, 2.05) is 24.3 Å². The number of carbonyl (C=O) groups excluding carboxylic acids is 1. The van der Waals surface area contributed by atoms with Crippen LogP contribution < -0.4 is 10.1 Å². The molecule has 188 valence electrons. The zero-order valence-corrected chi connectivity index (χ0v) is 21.4. The number of nitrogens with zero attached hydrogens (tertiary/aromatic N) is 2. The molecule has 0 aliphatic heterocycles. The van der Waals surface area contributed by atoms with Crippen molar-refractivity contribution in [1.82, 2.24) is 9.97 Å². The van der Waals surface area contributed by atoms with Crippen LogP contribution in [0.15, 0.2) is 48.5 Å². The van der Waals surface area contributed by atoms with Crippen molar-refractivity contribution in [3.63, 3.8) is 0 Å². The average molecular weight is 484 g/mol. The number of amides is 1. The summed E-state index contributed by atoms with van der Waals surface area (Å²) in [5.74, 6) is 2.33. The van der Waals surface area contributed by atoms with E-state index in [-0.39, 0.29) is 5.91 Å². The summed E-state index contributed by atoms with van der Waals surface area (Å²) >= 11 is 0. The van der Waals surface area contributed by atoms with Gasteiger partial charge in [-0.1, -0.05) is 62.4 Å². The number of ether oxygens (including phenoxy) is 1. The lowest BCUT2D eigenvalue weighted by molar-refractivity contribution is -0.116. The van der Waals surface area contributed by atoms with Gasteiger partial charge >= 0.3 is 0 Å². The van der Waals surface area contributed by atoms with E-state index in [2.05, 4.69) is 29.6 Å². The van der Waals surface area contributed by atoms with Crippen molar-refractivity contribution in [3.05, 3.63) is 71.0 Å². The van der Waals surface area contributed by atoms with Crippen LogP contribution in [0.1, 0.15) is 73.9 Å². The molecule has 2 aliphatic rings. The predicted octanol–water partition coefficient (Wildman–Crippen LogP) is 6.73. The lowest BCUT2D eigenvalue weighted by atomic mass is 9.85. The van der Waals surface area contributed by atoms with E-state index in [1.165, 1.54) is 43.2 Å². The number of anilines is 1. The fourth-order valence-electron chi connectivity index (χ4n) is 5.67. The second kappa shape index (κ2) is 11.7. The van der Waals surface area contributed by atoms with Crippen molar-refractivity contribution in [2.45, 2.75) is 77.0 Å². The molecule has 1 fully saturated rings. The third-order valence-electron chi connectivity index (χ3n) is 7.72. The molecule has 0 atom stereocenters. The maximum Gasteiger partial charge on any atom is 0.225 e. The Bertz CT molecular complexity index is 1190. The van der Waals surface area contributed by atoms with Crippen molar-refractivity contribution in [2.24, 2.45) is 5.92 Å². The van der Waals surface area contributed by atoms with Gasteiger partial charge in [0.1, 0.15) is 5.75 Å². The van der Waals surface area contributed by atoms with Crippen LogP contribution in [-0.4, -0.2) is 23.0 Å². The van der Waals surface area contributed by atoms with Crippen molar-refractivity contribution in [3.8, 4) is 17.0 Å². The molecule has 5 nitrogen and oxygen atoms in total. The highest BCUT2D eigenvalue weighted by atomic mass is 16.5. The molecule has 36 heavy (non-hydrogen) atoms. The summed E-state index contributed by atoms with van der Waals surface area (Å²) in [6, 6.07) is 16.6. The van der Waals surface area contributed by atoms with Crippen LogP contribution in [0.25, 0.3) is 11.3 Å². The molecule has 2 aromatic carbocycles. The number of aromatic nitrogens is 2. The molecule has 0 unspecified atom stereocenters. The van der Waals surface area contributed by atoms with Gasteiger partial charge in [0, 0.05) is 12.0 Å². The molecule has 1 saturated carbocycles. The molecule has 3 aromatic rings. The number of hydrogen-bond donors (Lipinski definition) is 1. The van der Waals surface area contributed by atoms with Gasteiger partial charge in [0.25, 0.3) is 0 Å². The monoisotopic (exact) mass is 483 g/mol. The molecule has 0 radical (unpaired) electrons. The Kier molecular flexibility index (Phi) is 7.95. The number of nitrogens with one attached hydrogen (secondary N) is 1. The fraction of sp³-hybridized carbons (Fsp3) is 0.452. The van der Waals surface area contributed by atoms with Crippen molar-refractivity contribution >= 4 is 11.7 Å². The zero-order valence-electron chi connectivity index (χ0n) is 21.4. The predicted molar refractivity (Wildman–Crippen MR) is 144 cm³/mol. The van der Waals surface area contributed by atoms with Gasteiger partial charge in [0.2, 0.25) is 5.91 Å². The molecular weight excluding hydrogens is 446 g/mol. The van der Waals surface area contributed by atoms with E-state index in [0.717, 1.165) is 72.8 Å². The molecule has 0 saturated heterocycles. The Balaban J connectivity index is 1.34. The van der Waals surface area contributed by atoms with E-state index in [4.69, 9.17) is 14.7 Å². The second-order valence-electron chi connectivity index (χ2n) is 10.3. The summed E-state index contributed by atoms with van der Waals surface area (Å²) in [5.41, 5.74) is 6.55. The van der Waals surface area contributed by atoms with Crippen LogP contribution in [-0.2, 0) is 30.5 Å². The third-order valence-corrected chi connectivity index (χ3v) is 7.72. The molecule has 5 heteroatoms. The van der Waals surface area contributed by atoms with Crippen LogP contribution in [0.4, 0.5) is 5.82 Å². The van der Waals surface area contributed by atoms with Crippen LogP contribution in [0, 0.1) is 5.92 Å². The lowest BCUT2D eigenvalue weighted by Gasteiger charge is -2.23. The summed E-state index contributed by atoms with van der Waals surface area (Å²) in [7, 11) is 1.70. The number of fused-ring (bicyclic) bond motifs is 3. The topological polar surface area (TPSA) is 64.1 Å². The van der Waals surface area contributed by atoms with Gasteiger partial charge in [0.15, 0.2) is 5.82 Å². The van der Waals surface area contributed by atoms with E-state index >= 15 is 0 Å². The first-order valence-corrected chi connectivity index (χ1v) is 13.6. The van der Waals surface area contributed by atoms with Gasteiger partial charge in [0.05, 0.1) is 24.2 Å². The van der Waals surface area contributed by atoms with Crippen LogP contribution in [0.3, 0.4) is 0 Å². The SMILES string of the molecule is COc1ccc2c(c1)CCc1nc(NC(=O)CCCc3ccccc3)c(CCC3CCCCC3)nc1-2. The highest BCUT2D eigenvalue weighted by Crippen LogP contribution is 2.36. The Morgan fingerprint density at radius 2 is 1.83 bits per heavy atom. The normalized spacial score (nSPS) is 15.1. The first kappa shape index (κ1) is 24.5. The van der Waals surface area contributed by atoms with Gasteiger partial charge in [-0.2, -0.15) is 0 Å². The first-order valence-electron chi connectivity index (χ1n) is 13.6. The van der Waals surface area contributed by atoms with Crippen LogP contribution in [0.5, 0.6) is 5.75 Å². The number of carbonyl (C=O) groups is 1. The van der Waals surface area contributed by atoms with Gasteiger partial charge in [-0.15, -0.1) is 0 Å². The van der Waals surface area contributed by atoms with E-state index in [9.17, 15) is 4.79 Å². The molecule has 1 amide bonds. The van der Waals surface area contributed by atoms with Crippen molar-refractivity contribution in [2.75, 3.05) is 12.4 Å². The number of benzene rings is 2. The van der Waals surface area contributed by atoms with Gasteiger partial charge in [-0.25, -0.2) is 9.97 Å². The number of hydrogen-bond acceptors (Lipinski definition) is 4. The van der Waals surface area contributed by atoms with Crippen LogP contribution >= 0.6 is 0 Å². The Morgan fingerprint density at radius 1 is 1.00 bits per heavy atom. The Hall–Kier alpha value is -3.21. The highest BCUT2D eigenvalue weighted by Gasteiger charge is 2.24. The zero-order chi connectivity index (χ0) is 24.7. The van der Waals surface area contributed by atoms with Gasteiger partial charge < -0.3 is 10.1 Å². The molecule has 0 spiro atoms. The molecule has 1 N–H and O–H groups in total. The maximum absolute atomic E-state index is 12.9. The van der Waals surface area contributed by atoms with Crippen LogP contribution in [0.2, 0.25) is 0 Å². The second-order valence-corrected chi connectivity index (χ2v) is 10.3. The molecule has 2 aliphatic carbocycles. The number of methoxy groups -OCH3 is 1. The van der Waals surface area contributed by atoms with E-state index < -0.39 is 0 Å². The number of aryl methyl sites for hydroxylation is 4. The molecular formula is C31H37N3O2. The summed E-state index contributed by atoms with van der Waals surface area (Å²) in [6.07, 6.45) is 12.5. The van der Waals surface area contributed by atoms with E-state index in [0.29, 0.717) is 12.2 Å². The summed E-state index contributed by atoms with van der Waals surface area (Å²) in [4.78, 5) is 23.1. The summed E-state index contributed by atoms with van der Waals surface area (Å²) in [5, 5.41) is 3.14. The lowest BCUT2D eigenvalue weighted by Crippen LogP contribution is -2.19. The third kappa shape index (κ3) is 5.95. The molecule has 0 bridgehead atoms. The fourth-order valence-corrected chi connectivity index (χ4v) is 5.67. The minimum absolute atomic E-state index is 0.0278. The van der Waals surface area contributed by atoms with E-state index in [1.54, 1.807) is 7.11 Å². The summed E-state index contributed by atoms with van der Waals surface area (Å²) < 4.78 is 5.44. The summed E-state index contributed by atoms with van der Waals surface area (Å²) in [6.45, 7) is 0. The largest absolute Gasteiger partial charge is 0.497 e. The van der Waals surface area contributed by atoms with Crippen molar-refractivity contribution in [1.29, 1.82) is 0 Å². The first-order chi connectivity index (χ1) is 17.7. The van der Waals surface area contributed by atoms with Crippen molar-refractivity contribution < 1.29 is 9.53 Å². The quantitative estimate of drug-likeness (QED) is 0.367. The average Bonchev–Trinajstić information content (AvgIpc) is 2.92. The van der Waals surface area contributed by atoms with Gasteiger partial charge in [-0.05, 0) is 73.8 Å². The Morgan fingerprint density at radius 3 is 2.64 bits per heavy atom. The molecule has 5 rings (SSSR count). The van der Waals surface area contributed by atoms with Gasteiger partial charge in [-0.3, -0.25) is 4.79 Å². The molecule has 1 aromatic heterocycles. The minimum atomic E-state index is 0.0278. The number of rotatable bonds is 9. The highest BCUT2D eigenvalue weighted by molar-refractivity contribution is 5.90. The Labute approximate surface area is 214 Å². The maximum atomic E-state index is 12.9. The standard InChI is InChI=1S/C31H37N3O2/c1-36-25-17-18-26-24(21-25)16-20-27-30(26)32-28(19-15-23-11-6-3-7-12-23)31(33-27)34-29(35)14-8-13-22-9-4-2-5-10-22/h2,4-5,9-10,17-18,21,23H,3,6-8,11-16,19-20H2,1H3,(H,33,34,35).